The largest absolute Gasteiger partial charge is 0.392 e. The molecule has 0 bridgehead atoms. The van der Waals surface area contributed by atoms with Crippen molar-refractivity contribution in [3.63, 3.8) is 0 Å². The summed E-state index contributed by atoms with van der Waals surface area (Å²) >= 11 is 0. The van der Waals surface area contributed by atoms with E-state index in [9.17, 15) is 5.11 Å². The quantitative estimate of drug-likeness (QED) is 0.605. The van der Waals surface area contributed by atoms with Crippen LogP contribution >= 0.6 is 0 Å². The van der Waals surface area contributed by atoms with E-state index < -0.39 is 0 Å². The predicted octanol–water partition coefficient (Wildman–Crippen LogP) is 6.10. The lowest BCUT2D eigenvalue weighted by molar-refractivity contribution is -0.0530. The lowest BCUT2D eigenvalue weighted by Crippen LogP contribution is -2.45. The fourth-order valence-electron chi connectivity index (χ4n) is 7.40. The number of benzene rings is 1. The summed E-state index contributed by atoms with van der Waals surface area (Å²) in [5.41, 5.74) is 3.72. The standard InChI is InChI=1S/C22H30O.C2H6/c1-21-13-10-17-16-7-3-2-6-15(16)8-9-18(17)19(21)14-22(20(21)23)11-4-5-12-22;1-2/h2-3,6-7,17-20,23H,4-5,8-14H2,1H3;1-2H3/t17-,18-,19+,20?,21+;/m1./s1. The molecule has 0 radical (unpaired) electrons. The fraction of sp³-hybridized carbons (Fsp3) is 0.750. The number of aliphatic hydroxyl groups excluding tert-OH is 1. The first kappa shape index (κ1) is 17.6. The fourth-order valence-corrected chi connectivity index (χ4v) is 7.40. The van der Waals surface area contributed by atoms with Gasteiger partial charge in [0.25, 0.3) is 0 Å². The van der Waals surface area contributed by atoms with Crippen molar-refractivity contribution in [3.8, 4) is 0 Å². The SMILES string of the molecule is CC.C[C@]12CC[C@@H]3c4ccccc4CC[C@H]3[C@@H]1CC1(CCCC1)C2O. The van der Waals surface area contributed by atoms with Crippen molar-refractivity contribution in [1.29, 1.82) is 0 Å². The second-order valence-corrected chi connectivity index (χ2v) is 9.33. The Morgan fingerprint density at radius 3 is 2.48 bits per heavy atom. The molecule has 5 atom stereocenters. The molecule has 1 unspecified atom stereocenters. The zero-order chi connectivity index (χ0) is 17.7. The van der Waals surface area contributed by atoms with E-state index in [-0.39, 0.29) is 16.9 Å². The van der Waals surface area contributed by atoms with Gasteiger partial charge >= 0.3 is 0 Å². The lowest BCUT2D eigenvalue weighted by atomic mass is 9.55. The van der Waals surface area contributed by atoms with Crippen LogP contribution in [0, 0.1) is 22.7 Å². The van der Waals surface area contributed by atoms with Crippen LogP contribution in [-0.2, 0) is 6.42 Å². The average molecular weight is 341 g/mol. The second-order valence-electron chi connectivity index (χ2n) is 9.33. The molecule has 1 aromatic rings. The number of aliphatic hydroxyl groups is 1. The van der Waals surface area contributed by atoms with Crippen LogP contribution in [0.3, 0.4) is 0 Å². The Hall–Kier alpha value is -0.820. The first-order valence-electron chi connectivity index (χ1n) is 10.9. The van der Waals surface area contributed by atoms with Gasteiger partial charge in [-0.15, -0.1) is 0 Å². The molecule has 25 heavy (non-hydrogen) atoms. The maximum absolute atomic E-state index is 11.3. The summed E-state index contributed by atoms with van der Waals surface area (Å²) in [7, 11) is 0. The van der Waals surface area contributed by atoms with Crippen molar-refractivity contribution in [2.45, 2.75) is 90.6 Å². The van der Waals surface area contributed by atoms with Crippen molar-refractivity contribution in [1.82, 2.24) is 0 Å². The van der Waals surface area contributed by atoms with E-state index in [0.29, 0.717) is 0 Å². The summed E-state index contributed by atoms with van der Waals surface area (Å²) in [6.07, 6.45) is 11.7. The first-order valence-corrected chi connectivity index (χ1v) is 10.9. The summed E-state index contributed by atoms with van der Waals surface area (Å²) < 4.78 is 0. The molecule has 1 heteroatoms. The molecule has 0 saturated heterocycles. The molecule has 0 aromatic heterocycles. The molecule has 4 aliphatic carbocycles. The Kier molecular flexibility index (Phi) is 4.51. The highest BCUT2D eigenvalue weighted by atomic mass is 16.3. The third-order valence-electron chi connectivity index (χ3n) is 8.51. The minimum absolute atomic E-state index is 0.0411. The van der Waals surface area contributed by atoms with Gasteiger partial charge in [0.1, 0.15) is 0 Å². The highest BCUT2D eigenvalue weighted by Crippen LogP contribution is 2.68. The number of hydrogen-bond acceptors (Lipinski definition) is 1. The third-order valence-corrected chi connectivity index (χ3v) is 8.51. The molecule has 0 heterocycles. The Morgan fingerprint density at radius 2 is 1.72 bits per heavy atom. The van der Waals surface area contributed by atoms with Crippen LogP contribution in [0.1, 0.15) is 89.2 Å². The van der Waals surface area contributed by atoms with Crippen LogP contribution < -0.4 is 0 Å². The van der Waals surface area contributed by atoms with Crippen LogP contribution in [0.5, 0.6) is 0 Å². The Labute approximate surface area is 154 Å². The van der Waals surface area contributed by atoms with Gasteiger partial charge in [0.2, 0.25) is 0 Å². The molecule has 5 rings (SSSR count). The van der Waals surface area contributed by atoms with Gasteiger partial charge in [-0.05, 0) is 84.7 Å². The average Bonchev–Trinajstić information content (AvgIpc) is 3.22. The Bertz CT molecular complexity index is 614. The molecule has 1 nitrogen and oxygen atoms in total. The molecule has 138 valence electrons. The number of hydrogen-bond donors (Lipinski definition) is 1. The maximum atomic E-state index is 11.3. The zero-order valence-corrected chi connectivity index (χ0v) is 16.4. The van der Waals surface area contributed by atoms with Crippen molar-refractivity contribution in [3.05, 3.63) is 35.4 Å². The number of fused-ring (bicyclic) bond motifs is 5. The zero-order valence-electron chi connectivity index (χ0n) is 16.4. The van der Waals surface area contributed by atoms with E-state index in [1.54, 1.807) is 11.1 Å². The van der Waals surface area contributed by atoms with Crippen LogP contribution in [0.2, 0.25) is 0 Å². The van der Waals surface area contributed by atoms with Crippen molar-refractivity contribution in [2.75, 3.05) is 0 Å². The molecule has 0 amide bonds. The molecule has 1 N–H and O–H groups in total. The first-order chi connectivity index (χ1) is 12.1. The van der Waals surface area contributed by atoms with Crippen LogP contribution in [-0.4, -0.2) is 11.2 Å². The van der Waals surface area contributed by atoms with Crippen molar-refractivity contribution >= 4 is 0 Å². The molecular weight excluding hydrogens is 304 g/mol. The minimum atomic E-state index is -0.0411. The van der Waals surface area contributed by atoms with Crippen LogP contribution in [0.25, 0.3) is 0 Å². The van der Waals surface area contributed by atoms with Crippen LogP contribution in [0.15, 0.2) is 24.3 Å². The van der Waals surface area contributed by atoms with Crippen LogP contribution in [0.4, 0.5) is 0 Å². The summed E-state index contributed by atoms with van der Waals surface area (Å²) in [6.45, 7) is 6.44. The molecular formula is C24H36O. The van der Waals surface area contributed by atoms with E-state index >= 15 is 0 Å². The minimum Gasteiger partial charge on any atom is -0.392 e. The van der Waals surface area contributed by atoms with Gasteiger partial charge in [-0.25, -0.2) is 0 Å². The van der Waals surface area contributed by atoms with E-state index in [4.69, 9.17) is 0 Å². The molecule has 1 aromatic carbocycles. The highest BCUT2D eigenvalue weighted by Gasteiger charge is 2.63. The van der Waals surface area contributed by atoms with Gasteiger partial charge in [0.05, 0.1) is 6.10 Å². The summed E-state index contributed by atoms with van der Waals surface area (Å²) in [4.78, 5) is 0. The van der Waals surface area contributed by atoms with Gasteiger partial charge in [0.15, 0.2) is 0 Å². The normalized spacial score (nSPS) is 40.6. The lowest BCUT2D eigenvalue weighted by Gasteiger charge is -2.50. The summed E-state index contributed by atoms with van der Waals surface area (Å²) in [5, 5.41) is 11.3. The molecule has 3 saturated carbocycles. The topological polar surface area (TPSA) is 20.2 Å². The molecule has 3 fully saturated rings. The van der Waals surface area contributed by atoms with Crippen molar-refractivity contribution < 1.29 is 5.11 Å². The Balaban J connectivity index is 0.000000758. The van der Waals surface area contributed by atoms with E-state index in [0.717, 1.165) is 17.8 Å². The van der Waals surface area contributed by atoms with Gasteiger partial charge in [-0.3, -0.25) is 0 Å². The molecule has 4 aliphatic rings. The van der Waals surface area contributed by atoms with E-state index in [2.05, 4.69) is 31.2 Å². The smallest absolute Gasteiger partial charge is 0.0652 e. The Morgan fingerprint density at radius 1 is 1.00 bits per heavy atom. The summed E-state index contributed by atoms with van der Waals surface area (Å²) in [6, 6.07) is 9.18. The third kappa shape index (κ3) is 2.45. The van der Waals surface area contributed by atoms with Crippen molar-refractivity contribution in [2.24, 2.45) is 22.7 Å². The molecule has 1 spiro atoms. The molecule has 0 aliphatic heterocycles. The summed E-state index contributed by atoms with van der Waals surface area (Å²) in [5.74, 6) is 2.34. The highest BCUT2D eigenvalue weighted by molar-refractivity contribution is 5.35. The number of aryl methyl sites for hydroxylation is 1. The van der Waals surface area contributed by atoms with Gasteiger partial charge in [-0.1, -0.05) is 57.9 Å². The maximum Gasteiger partial charge on any atom is 0.0652 e. The van der Waals surface area contributed by atoms with E-state index in [1.165, 1.54) is 57.8 Å². The van der Waals surface area contributed by atoms with Gasteiger partial charge < -0.3 is 5.11 Å². The second kappa shape index (κ2) is 6.41. The van der Waals surface area contributed by atoms with Gasteiger partial charge in [0, 0.05) is 0 Å². The van der Waals surface area contributed by atoms with E-state index in [1.807, 2.05) is 13.8 Å². The number of rotatable bonds is 0. The monoisotopic (exact) mass is 340 g/mol. The van der Waals surface area contributed by atoms with Gasteiger partial charge in [-0.2, -0.15) is 0 Å². The predicted molar refractivity (Wildman–Crippen MR) is 105 cm³/mol.